The maximum Gasteiger partial charge on any atom is 0.401 e. The summed E-state index contributed by atoms with van der Waals surface area (Å²) in [7, 11) is 1.60. The predicted molar refractivity (Wildman–Crippen MR) is 231 cm³/mol. The molecule has 2 N–H and O–H groups in total. The first-order chi connectivity index (χ1) is 29.9. The number of halogens is 4. The van der Waals surface area contributed by atoms with Crippen molar-refractivity contribution in [3.8, 4) is 22.5 Å². The standard InChI is InChI=1S/C45H56F4N8O5S/c1-7-56-37-18-33(46)30-17-29(37)32(40(56)31-16-27(21-50-39(31)26(3)61-6)55-13-11-54(12-14-55)23-45(47,48)49)20-44(4,5)24-62-43(60)34-9-8-10-57(53-34)42(59)35(19-38-51-36(30)22-63-38)52-41(58)28-15-25(28)2/h16-18,21-22,25-26,28,34-35,53H,7-15,19-20,23-24H2,1-6H3,(H,52,58)/t25-,26-,28-,34-,35-/m0/s1. The number of fused-ring (bicyclic) bond motifs is 6. The van der Waals surface area contributed by atoms with E-state index in [2.05, 4.69) is 15.3 Å². The van der Waals surface area contributed by atoms with Crippen LogP contribution in [0.2, 0.25) is 0 Å². The minimum absolute atomic E-state index is 0.0276. The van der Waals surface area contributed by atoms with Crippen molar-refractivity contribution >= 4 is 45.7 Å². The van der Waals surface area contributed by atoms with E-state index < -0.39 is 48.1 Å². The van der Waals surface area contributed by atoms with Gasteiger partial charge < -0.3 is 24.3 Å². The fourth-order valence-electron chi connectivity index (χ4n) is 9.20. The number of hydrogen-bond acceptors (Lipinski definition) is 11. The van der Waals surface area contributed by atoms with E-state index in [1.165, 1.54) is 27.3 Å². The van der Waals surface area contributed by atoms with Crippen molar-refractivity contribution in [2.24, 2.45) is 17.3 Å². The first-order valence-corrected chi connectivity index (χ1v) is 22.7. The molecule has 0 radical (unpaired) electrons. The van der Waals surface area contributed by atoms with Crippen molar-refractivity contribution in [2.45, 2.75) is 97.6 Å². The third-order valence-electron chi connectivity index (χ3n) is 12.9. The van der Waals surface area contributed by atoms with Crippen LogP contribution >= 0.6 is 11.3 Å². The Bertz CT molecular complexity index is 2380. The van der Waals surface area contributed by atoms with Gasteiger partial charge in [0, 0.05) is 86.0 Å². The van der Waals surface area contributed by atoms with Gasteiger partial charge in [-0.1, -0.05) is 20.8 Å². The molecule has 6 heterocycles. The molecule has 1 aliphatic carbocycles. The number of ether oxygens (including phenoxy) is 2. The molecule has 3 fully saturated rings. The molecule has 4 aromatic rings. The number of esters is 1. The molecule has 2 amide bonds. The molecular formula is C45H56F4N8O5S. The van der Waals surface area contributed by atoms with Gasteiger partial charge in [-0.15, -0.1) is 11.3 Å². The Morgan fingerprint density at radius 3 is 2.56 bits per heavy atom. The first-order valence-electron chi connectivity index (χ1n) is 21.8. The molecule has 1 aromatic carbocycles. The molecule has 5 atom stereocenters. The molecule has 13 nitrogen and oxygen atoms in total. The molecule has 3 aromatic heterocycles. The van der Waals surface area contributed by atoms with Gasteiger partial charge in [-0.2, -0.15) is 13.2 Å². The minimum atomic E-state index is -4.29. The number of carbonyl (C=O) groups is 3. The normalized spacial score (nSPS) is 24.0. The Morgan fingerprint density at radius 2 is 1.87 bits per heavy atom. The number of nitrogens with one attached hydrogen (secondary N) is 2. The van der Waals surface area contributed by atoms with Crippen molar-refractivity contribution in [2.75, 3.05) is 57.9 Å². The predicted octanol–water partition coefficient (Wildman–Crippen LogP) is 6.68. The Kier molecular flexibility index (Phi) is 12.6. The molecule has 3 aliphatic heterocycles. The summed E-state index contributed by atoms with van der Waals surface area (Å²) in [5.41, 5.74) is 7.50. The molecule has 2 saturated heterocycles. The van der Waals surface area contributed by atoms with Crippen molar-refractivity contribution in [1.29, 1.82) is 0 Å². The van der Waals surface area contributed by atoms with Gasteiger partial charge in [0.15, 0.2) is 0 Å². The number of nitrogens with zero attached hydrogens (tertiary/aromatic N) is 6. The molecule has 18 heteroatoms. The van der Waals surface area contributed by atoms with E-state index in [1.54, 1.807) is 18.7 Å². The summed E-state index contributed by atoms with van der Waals surface area (Å²) in [5.74, 6) is -1.54. The van der Waals surface area contributed by atoms with Gasteiger partial charge in [0.1, 0.15) is 17.9 Å². The van der Waals surface area contributed by atoms with E-state index in [-0.39, 0.29) is 55.3 Å². The number of anilines is 1. The van der Waals surface area contributed by atoms with Crippen LogP contribution in [0.4, 0.5) is 23.2 Å². The number of carbonyl (C=O) groups excluding carboxylic acids is 3. The number of hydrogen-bond donors (Lipinski definition) is 2. The Balaban J connectivity index is 1.25. The van der Waals surface area contributed by atoms with Gasteiger partial charge in [-0.25, -0.2) is 14.8 Å². The lowest BCUT2D eigenvalue weighted by Gasteiger charge is -2.36. The Morgan fingerprint density at radius 1 is 1.13 bits per heavy atom. The lowest BCUT2D eigenvalue weighted by molar-refractivity contribution is -0.155. The highest BCUT2D eigenvalue weighted by Crippen LogP contribution is 2.44. The van der Waals surface area contributed by atoms with Crippen LogP contribution in [0.25, 0.3) is 33.4 Å². The third kappa shape index (κ3) is 9.59. The number of rotatable bonds is 8. The van der Waals surface area contributed by atoms with E-state index in [0.717, 1.165) is 34.3 Å². The van der Waals surface area contributed by atoms with E-state index in [9.17, 15) is 27.6 Å². The molecular weight excluding hydrogens is 841 g/mol. The maximum absolute atomic E-state index is 16.7. The zero-order chi connectivity index (χ0) is 45.0. The molecule has 1 saturated carbocycles. The number of hydrazine groups is 1. The summed E-state index contributed by atoms with van der Waals surface area (Å²) in [5, 5.41) is 7.44. The van der Waals surface area contributed by atoms with E-state index >= 15 is 4.39 Å². The average molecular weight is 897 g/mol. The zero-order valence-corrected chi connectivity index (χ0v) is 37.4. The summed E-state index contributed by atoms with van der Waals surface area (Å²) in [4.78, 5) is 54.4. The van der Waals surface area contributed by atoms with Crippen LogP contribution in [0.15, 0.2) is 29.8 Å². The number of aryl methyl sites for hydroxylation is 1. The van der Waals surface area contributed by atoms with Crippen LogP contribution in [0.3, 0.4) is 0 Å². The quantitative estimate of drug-likeness (QED) is 0.146. The minimum Gasteiger partial charge on any atom is -0.464 e. The lowest BCUT2D eigenvalue weighted by atomic mass is 9.84. The van der Waals surface area contributed by atoms with Gasteiger partial charge in [0.2, 0.25) is 5.91 Å². The van der Waals surface area contributed by atoms with E-state index in [1.807, 2.05) is 51.7 Å². The third-order valence-corrected chi connectivity index (χ3v) is 13.7. The highest BCUT2D eigenvalue weighted by molar-refractivity contribution is 7.10. The number of thiazole rings is 1. The maximum atomic E-state index is 16.7. The molecule has 6 bridgehead atoms. The summed E-state index contributed by atoms with van der Waals surface area (Å²) in [6.45, 7) is 10.9. The van der Waals surface area contributed by atoms with Crippen molar-refractivity contribution in [3.63, 3.8) is 0 Å². The largest absolute Gasteiger partial charge is 0.464 e. The second kappa shape index (κ2) is 17.7. The number of methoxy groups -OCH3 is 1. The SMILES string of the molecule is CCn1c(-c2cc(N3CCN(CC(F)(F)F)CC3)cnc2[C@H](C)OC)c2c3cc(c(F)cc31)-c1csc(n1)C[C@H](NC(=O)[C@H]1C[C@@H]1C)C(=O)N1CCC[C@H](N1)C(=O)OCC(C)(C)C2. The summed E-state index contributed by atoms with van der Waals surface area (Å²) >= 11 is 1.28. The summed E-state index contributed by atoms with van der Waals surface area (Å²) in [6.07, 6.45) is -0.809. The van der Waals surface area contributed by atoms with Crippen LogP contribution in [0.1, 0.15) is 76.3 Å². The molecule has 0 unspecified atom stereocenters. The van der Waals surface area contributed by atoms with Crippen molar-refractivity contribution < 1.29 is 41.4 Å². The Hall–Kier alpha value is -4.65. The number of alkyl halides is 3. The first kappa shape index (κ1) is 44.9. The Labute approximate surface area is 368 Å². The fourth-order valence-corrected chi connectivity index (χ4v) is 10.0. The van der Waals surface area contributed by atoms with Crippen LogP contribution in [0, 0.1) is 23.1 Å². The second-order valence-electron chi connectivity index (χ2n) is 18.3. The summed E-state index contributed by atoms with van der Waals surface area (Å²) in [6, 6.07) is 3.59. The van der Waals surface area contributed by atoms with Gasteiger partial charge in [-0.3, -0.25) is 29.3 Å². The summed E-state index contributed by atoms with van der Waals surface area (Å²) < 4.78 is 70.4. The highest BCUT2D eigenvalue weighted by atomic mass is 32.1. The lowest BCUT2D eigenvalue weighted by Crippen LogP contribution is -2.60. The van der Waals surface area contributed by atoms with Crippen LogP contribution in [0.5, 0.6) is 0 Å². The number of pyridine rings is 1. The molecule has 0 spiro atoms. The number of benzene rings is 1. The van der Waals surface area contributed by atoms with Crippen molar-refractivity contribution in [1.82, 2.24) is 35.2 Å². The molecule has 4 aliphatic rings. The fraction of sp³-hybridized carbons (Fsp3) is 0.578. The van der Waals surface area contributed by atoms with Crippen LogP contribution in [-0.2, 0) is 43.2 Å². The van der Waals surface area contributed by atoms with Crippen LogP contribution in [-0.4, -0.2) is 113 Å². The van der Waals surface area contributed by atoms with Gasteiger partial charge in [0.25, 0.3) is 5.91 Å². The number of amides is 2. The average Bonchev–Trinajstić information content (AvgIpc) is 3.69. The molecule has 63 heavy (non-hydrogen) atoms. The highest BCUT2D eigenvalue weighted by Gasteiger charge is 2.42. The van der Waals surface area contributed by atoms with Gasteiger partial charge >= 0.3 is 12.1 Å². The van der Waals surface area contributed by atoms with Crippen molar-refractivity contribution in [3.05, 3.63) is 51.9 Å². The molecule has 8 rings (SSSR count). The van der Waals surface area contributed by atoms with E-state index in [0.29, 0.717) is 67.4 Å². The van der Waals surface area contributed by atoms with Crippen LogP contribution < -0.4 is 15.6 Å². The number of aromatic nitrogens is 3. The van der Waals surface area contributed by atoms with Gasteiger partial charge in [-0.05, 0) is 69.2 Å². The van der Waals surface area contributed by atoms with E-state index in [4.69, 9.17) is 19.4 Å². The smallest absolute Gasteiger partial charge is 0.401 e. The number of cyclic esters (lactones) is 1. The zero-order valence-electron chi connectivity index (χ0n) is 36.6. The van der Waals surface area contributed by atoms with Gasteiger partial charge in [0.05, 0.1) is 58.7 Å². The topological polar surface area (TPSA) is 134 Å². The monoisotopic (exact) mass is 896 g/mol. The molecule has 340 valence electrons. The second-order valence-corrected chi connectivity index (χ2v) is 19.2. The number of piperazine rings is 1.